The predicted octanol–water partition coefficient (Wildman–Crippen LogP) is 4.11. The maximum Gasteiger partial charge on any atom is 0.416 e. The van der Waals surface area contributed by atoms with Gasteiger partial charge in [0.1, 0.15) is 0 Å². The molecule has 6 nitrogen and oxygen atoms in total. The Labute approximate surface area is 204 Å². The number of rotatable bonds is 9. The number of alkyl halides is 6. The Hall–Kier alpha value is -2.67. The van der Waals surface area contributed by atoms with E-state index in [2.05, 4.69) is 5.32 Å². The van der Waals surface area contributed by atoms with Crippen molar-refractivity contribution in [2.75, 3.05) is 32.8 Å². The highest BCUT2D eigenvalue weighted by atomic mass is 19.4. The van der Waals surface area contributed by atoms with Crippen LogP contribution in [0.4, 0.5) is 26.3 Å². The number of nitrogens with zero attached hydrogens (tertiary/aromatic N) is 1. The van der Waals surface area contributed by atoms with Crippen LogP contribution in [0, 0.1) is 0 Å². The number of nitrogens with one attached hydrogen (secondary N) is 1. The molecule has 0 aromatic heterocycles. The fraction of sp³-hybridized carbons (Fsp3) is 0.458. The second-order valence-corrected chi connectivity index (χ2v) is 8.28. The number of hydrogen-bond acceptors (Lipinski definition) is 5. The molecule has 1 fully saturated rings. The topological polar surface area (TPSA) is 76.8 Å². The van der Waals surface area contributed by atoms with Gasteiger partial charge < -0.3 is 20.5 Å². The van der Waals surface area contributed by atoms with Crippen LogP contribution in [0.5, 0.6) is 0 Å². The zero-order chi connectivity index (χ0) is 26.3. The fourth-order valence-electron chi connectivity index (χ4n) is 3.87. The van der Waals surface area contributed by atoms with Crippen LogP contribution in [0.1, 0.15) is 34.7 Å². The van der Waals surface area contributed by atoms with E-state index in [1.54, 1.807) is 35.2 Å². The first-order valence-corrected chi connectivity index (χ1v) is 11.3. The highest BCUT2D eigenvalue weighted by Gasteiger charge is 2.38. The molecule has 3 N–H and O–H groups in total. The number of ether oxygens (including phenoxy) is 2. The zero-order valence-corrected chi connectivity index (χ0v) is 19.2. The molecule has 1 heterocycles. The summed E-state index contributed by atoms with van der Waals surface area (Å²) in [6, 6.07) is 9.57. The van der Waals surface area contributed by atoms with Gasteiger partial charge >= 0.3 is 12.4 Å². The van der Waals surface area contributed by atoms with Crippen molar-refractivity contribution in [1.29, 1.82) is 0 Å². The van der Waals surface area contributed by atoms with E-state index in [1.165, 1.54) is 0 Å². The van der Waals surface area contributed by atoms with Crippen molar-refractivity contribution < 1.29 is 40.6 Å². The van der Waals surface area contributed by atoms with Gasteiger partial charge in [0.2, 0.25) is 5.91 Å². The van der Waals surface area contributed by atoms with Crippen molar-refractivity contribution in [2.45, 2.75) is 37.7 Å². The number of halogens is 6. The number of benzene rings is 2. The molecule has 2 aromatic carbocycles. The monoisotopic (exact) mass is 519 g/mol. The van der Waals surface area contributed by atoms with Crippen molar-refractivity contribution in [1.82, 2.24) is 10.2 Å². The van der Waals surface area contributed by atoms with Crippen LogP contribution >= 0.6 is 0 Å². The first-order valence-electron chi connectivity index (χ1n) is 11.3. The fourth-order valence-corrected chi connectivity index (χ4v) is 3.87. The molecule has 0 bridgehead atoms. The Kier molecular flexibility index (Phi) is 9.34. The molecule has 3 rings (SSSR count). The van der Waals surface area contributed by atoms with Gasteiger partial charge in [0.25, 0.3) is 0 Å². The maximum atomic E-state index is 13.2. The number of carbonyl (C=O) groups excluding carboxylic acids is 1. The summed E-state index contributed by atoms with van der Waals surface area (Å²) < 4.78 is 90.7. The smallest absolute Gasteiger partial charge is 0.355 e. The summed E-state index contributed by atoms with van der Waals surface area (Å²) in [6.45, 7) is 0.789. The van der Waals surface area contributed by atoms with E-state index in [4.69, 9.17) is 15.2 Å². The average Bonchev–Trinajstić information content (AvgIpc) is 2.82. The van der Waals surface area contributed by atoms with Crippen molar-refractivity contribution in [3.8, 4) is 0 Å². The third-order valence-corrected chi connectivity index (χ3v) is 5.56. The summed E-state index contributed by atoms with van der Waals surface area (Å²) in [6.07, 6.45) is -10.3. The molecule has 1 saturated heterocycles. The highest BCUT2D eigenvalue weighted by molar-refractivity contribution is 5.78. The van der Waals surface area contributed by atoms with Crippen LogP contribution in [-0.4, -0.2) is 49.9 Å². The van der Waals surface area contributed by atoms with E-state index in [0.29, 0.717) is 38.2 Å². The first kappa shape index (κ1) is 27.9. The Morgan fingerprint density at radius 1 is 1.06 bits per heavy atom. The summed E-state index contributed by atoms with van der Waals surface area (Å²) in [7, 11) is 0. The summed E-state index contributed by atoms with van der Waals surface area (Å²) in [5, 5.41) is 2.76. The Morgan fingerprint density at radius 3 is 2.28 bits per heavy atom. The Balaban J connectivity index is 1.82. The molecule has 1 aliphatic heterocycles. The molecule has 1 aliphatic rings. The third kappa shape index (κ3) is 7.66. The van der Waals surface area contributed by atoms with Crippen LogP contribution in [0.2, 0.25) is 0 Å². The Morgan fingerprint density at radius 2 is 1.69 bits per heavy atom. The van der Waals surface area contributed by atoms with E-state index in [9.17, 15) is 31.1 Å². The summed E-state index contributed by atoms with van der Waals surface area (Å²) >= 11 is 0. The maximum absolute atomic E-state index is 13.2. The van der Waals surface area contributed by atoms with E-state index < -0.39 is 42.4 Å². The number of hydrogen-bond donors (Lipinski definition) is 2. The minimum Gasteiger partial charge on any atom is -0.355 e. The minimum absolute atomic E-state index is 0.00483. The average molecular weight is 519 g/mol. The van der Waals surface area contributed by atoms with Crippen molar-refractivity contribution in [3.05, 3.63) is 70.8 Å². The summed E-state index contributed by atoms with van der Waals surface area (Å²) in [4.78, 5) is 14.2. The second kappa shape index (κ2) is 12.0. The molecule has 0 saturated carbocycles. The van der Waals surface area contributed by atoms with Gasteiger partial charge in [-0.2, -0.15) is 26.3 Å². The largest absolute Gasteiger partial charge is 0.416 e. The van der Waals surface area contributed by atoms with E-state index in [0.717, 1.165) is 5.56 Å². The first-order chi connectivity index (χ1) is 17.0. The lowest BCUT2D eigenvalue weighted by molar-refractivity contribution is -0.216. The molecule has 0 radical (unpaired) electrons. The van der Waals surface area contributed by atoms with Crippen LogP contribution in [0.3, 0.4) is 0 Å². The summed E-state index contributed by atoms with van der Waals surface area (Å²) in [5.41, 5.74) is 3.02. The number of amides is 1. The molecule has 0 aliphatic carbocycles. The molecule has 2 aromatic rings. The second-order valence-electron chi connectivity index (χ2n) is 8.28. The van der Waals surface area contributed by atoms with Crippen LogP contribution in [0.15, 0.2) is 48.5 Å². The van der Waals surface area contributed by atoms with Crippen molar-refractivity contribution in [3.63, 3.8) is 0 Å². The lowest BCUT2D eigenvalue weighted by Gasteiger charge is -2.40. The molecule has 2 unspecified atom stereocenters. The van der Waals surface area contributed by atoms with Crippen molar-refractivity contribution >= 4 is 5.91 Å². The van der Waals surface area contributed by atoms with Gasteiger partial charge in [-0.3, -0.25) is 9.69 Å². The van der Waals surface area contributed by atoms with Gasteiger partial charge in [-0.15, -0.1) is 0 Å². The van der Waals surface area contributed by atoms with E-state index in [-0.39, 0.29) is 30.7 Å². The zero-order valence-electron chi connectivity index (χ0n) is 19.2. The molecular formula is C24H27F6N3O3. The molecule has 0 spiro atoms. The predicted molar refractivity (Wildman–Crippen MR) is 118 cm³/mol. The lowest BCUT2D eigenvalue weighted by Crippen LogP contribution is -2.50. The van der Waals surface area contributed by atoms with Gasteiger partial charge in [-0.1, -0.05) is 30.3 Å². The standard InChI is InChI=1S/C24H27F6N3O3/c25-23(26,27)18-11-16(12-19(13-18)24(28,29)30)15-36-22-21(17-5-2-1-3-6-17)33(9-10-35-22)14-20(34)32-8-4-7-31/h1-3,5-6,11-13,21-22H,4,7-10,14-15,31H2,(H,32,34). The number of carbonyl (C=O) groups is 1. The molecule has 2 atom stereocenters. The number of nitrogens with two attached hydrogens (primary N) is 1. The van der Waals surface area contributed by atoms with Gasteiger partial charge in [-0.05, 0) is 42.3 Å². The van der Waals surface area contributed by atoms with Crippen molar-refractivity contribution in [2.24, 2.45) is 5.73 Å². The van der Waals surface area contributed by atoms with Gasteiger partial charge in [0.05, 0.1) is 36.9 Å². The van der Waals surface area contributed by atoms with Gasteiger partial charge in [0, 0.05) is 13.1 Å². The number of morpholine rings is 1. The third-order valence-electron chi connectivity index (χ3n) is 5.56. The van der Waals surface area contributed by atoms with Crippen LogP contribution in [-0.2, 0) is 33.2 Å². The van der Waals surface area contributed by atoms with Gasteiger partial charge in [0.15, 0.2) is 6.29 Å². The van der Waals surface area contributed by atoms with E-state index in [1.807, 2.05) is 0 Å². The molecule has 198 valence electrons. The molecule has 36 heavy (non-hydrogen) atoms. The normalized spacial score (nSPS) is 19.3. The molecular weight excluding hydrogens is 492 g/mol. The molecule has 1 amide bonds. The summed E-state index contributed by atoms with van der Waals surface area (Å²) in [5.74, 6) is -0.252. The quantitative estimate of drug-likeness (QED) is 0.385. The lowest BCUT2D eigenvalue weighted by atomic mass is 10.0. The SMILES string of the molecule is NCCCNC(=O)CN1CCOC(OCc2cc(C(F)(F)F)cc(C(F)(F)F)c2)C1c1ccccc1. The minimum atomic E-state index is -4.96. The van der Waals surface area contributed by atoms with E-state index >= 15 is 0 Å². The Bertz CT molecular complexity index is 969. The van der Waals surface area contributed by atoms with Crippen LogP contribution in [0.25, 0.3) is 0 Å². The van der Waals surface area contributed by atoms with Crippen LogP contribution < -0.4 is 11.1 Å². The molecule has 12 heteroatoms. The highest BCUT2D eigenvalue weighted by Crippen LogP contribution is 2.37. The van der Waals surface area contributed by atoms with Gasteiger partial charge in [-0.25, -0.2) is 0 Å².